The summed E-state index contributed by atoms with van der Waals surface area (Å²) in [5.41, 5.74) is 0.718. The molecule has 0 aliphatic rings. The molecule has 1 N–H and O–H groups in total. The van der Waals surface area contributed by atoms with Crippen LogP contribution < -0.4 is 5.32 Å². The summed E-state index contributed by atoms with van der Waals surface area (Å²) in [7, 11) is 1.74. The Morgan fingerprint density at radius 1 is 1.37 bits per heavy atom. The SMILES string of the molecule is CCNC(c1c(F)cc(Br)cc1F)c1ccnn1C. The summed E-state index contributed by atoms with van der Waals surface area (Å²) in [6.45, 7) is 2.48. The van der Waals surface area contributed by atoms with Gasteiger partial charge in [-0.15, -0.1) is 0 Å². The van der Waals surface area contributed by atoms with Crippen LogP contribution in [0.4, 0.5) is 8.78 Å². The Balaban J connectivity index is 2.54. The zero-order valence-corrected chi connectivity index (χ0v) is 12.2. The van der Waals surface area contributed by atoms with Gasteiger partial charge in [-0.1, -0.05) is 22.9 Å². The molecule has 19 heavy (non-hydrogen) atoms. The number of nitrogens with zero attached hydrogens (tertiary/aromatic N) is 2. The molecule has 2 rings (SSSR count). The van der Waals surface area contributed by atoms with Gasteiger partial charge in [0, 0.05) is 23.3 Å². The van der Waals surface area contributed by atoms with Crippen LogP contribution in [0.2, 0.25) is 0 Å². The molecule has 0 saturated heterocycles. The van der Waals surface area contributed by atoms with Crippen molar-refractivity contribution in [2.24, 2.45) is 7.05 Å². The van der Waals surface area contributed by atoms with Gasteiger partial charge >= 0.3 is 0 Å². The van der Waals surface area contributed by atoms with Crippen molar-refractivity contribution >= 4 is 15.9 Å². The zero-order chi connectivity index (χ0) is 14.0. The van der Waals surface area contributed by atoms with Gasteiger partial charge in [0.15, 0.2) is 0 Å². The van der Waals surface area contributed by atoms with Gasteiger partial charge in [0.05, 0.1) is 11.7 Å². The molecule has 2 aromatic rings. The van der Waals surface area contributed by atoms with Crippen LogP contribution in [-0.2, 0) is 7.05 Å². The summed E-state index contributed by atoms with van der Waals surface area (Å²) in [6.07, 6.45) is 1.61. The van der Waals surface area contributed by atoms with E-state index in [9.17, 15) is 8.78 Å². The van der Waals surface area contributed by atoms with Gasteiger partial charge in [0.1, 0.15) is 11.6 Å². The van der Waals surface area contributed by atoms with Gasteiger partial charge < -0.3 is 5.32 Å². The molecule has 0 saturated carbocycles. The molecular weight excluding hydrogens is 316 g/mol. The first-order chi connectivity index (χ1) is 9.04. The van der Waals surface area contributed by atoms with E-state index in [-0.39, 0.29) is 5.56 Å². The quantitative estimate of drug-likeness (QED) is 0.933. The monoisotopic (exact) mass is 329 g/mol. The molecule has 0 radical (unpaired) electrons. The lowest BCUT2D eigenvalue weighted by Crippen LogP contribution is -2.26. The molecule has 0 fully saturated rings. The lowest BCUT2D eigenvalue weighted by Gasteiger charge is -2.20. The number of halogens is 3. The molecule has 1 atom stereocenters. The summed E-state index contributed by atoms with van der Waals surface area (Å²) >= 11 is 3.08. The van der Waals surface area contributed by atoms with E-state index in [0.717, 1.165) is 0 Å². The number of nitrogens with one attached hydrogen (secondary N) is 1. The Bertz CT molecular complexity index is 560. The Morgan fingerprint density at radius 2 is 2.00 bits per heavy atom. The molecule has 0 amide bonds. The van der Waals surface area contributed by atoms with Crippen LogP contribution in [0.25, 0.3) is 0 Å². The van der Waals surface area contributed by atoms with E-state index in [4.69, 9.17) is 0 Å². The number of rotatable bonds is 4. The molecule has 102 valence electrons. The summed E-state index contributed by atoms with van der Waals surface area (Å²) in [6, 6.07) is 3.71. The second-order valence-electron chi connectivity index (χ2n) is 4.15. The first kappa shape index (κ1) is 14.1. The van der Waals surface area contributed by atoms with Gasteiger partial charge in [0.25, 0.3) is 0 Å². The maximum atomic E-state index is 14.1. The van der Waals surface area contributed by atoms with E-state index in [1.807, 2.05) is 6.92 Å². The normalized spacial score (nSPS) is 12.7. The first-order valence-electron chi connectivity index (χ1n) is 5.90. The summed E-state index contributed by atoms with van der Waals surface area (Å²) < 4.78 is 30.1. The Hall–Kier alpha value is -1.27. The van der Waals surface area contributed by atoms with Crippen LogP contribution in [0.5, 0.6) is 0 Å². The van der Waals surface area contributed by atoms with Gasteiger partial charge in [-0.05, 0) is 24.7 Å². The average Bonchev–Trinajstić information content (AvgIpc) is 2.73. The summed E-state index contributed by atoms with van der Waals surface area (Å²) in [4.78, 5) is 0. The van der Waals surface area contributed by atoms with E-state index in [1.165, 1.54) is 12.1 Å². The molecule has 0 bridgehead atoms. The minimum Gasteiger partial charge on any atom is -0.305 e. The van der Waals surface area contributed by atoms with Crippen molar-refractivity contribution < 1.29 is 8.78 Å². The van der Waals surface area contributed by atoms with E-state index in [0.29, 0.717) is 16.7 Å². The van der Waals surface area contributed by atoms with E-state index < -0.39 is 17.7 Å². The molecule has 1 heterocycles. The van der Waals surface area contributed by atoms with Gasteiger partial charge in [-0.2, -0.15) is 5.10 Å². The van der Waals surface area contributed by atoms with E-state index in [2.05, 4.69) is 26.3 Å². The summed E-state index contributed by atoms with van der Waals surface area (Å²) in [5.74, 6) is -1.17. The van der Waals surface area contributed by atoms with Crippen molar-refractivity contribution in [3.63, 3.8) is 0 Å². The fraction of sp³-hybridized carbons (Fsp3) is 0.308. The number of benzene rings is 1. The highest BCUT2D eigenvalue weighted by molar-refractivity contribution is 9.10. The highest BCUT2D eigenvalue weighted by Crippen LogP contribution is 2.29. The lowest BCUT2D eigenvalue weighted by atomic mass is 10.0. The lowest BCUT2D eigenvalue weighted by molar-refractivity contribution is 0.492. The minimum absolute atomic E-state index is 0.00801. The molecule has 1 aromatic carbocycles. The fourth-order valence-corrected chi connectivity index (χ4v) is 2.46. The highest BCUT2D eigenvalue weighted by atomic mass is 79.9. The van der Waals surface area contributed by atoms with E-state index in [1.54, 1.807) is 24.0 Å². The Labute approximate surface area is 118 Å². The molecule has 1 aromatic heterocycles. The number of hydrogen-bond acceptors (Lipinski definition) is 2. The predicted octanol–water partition coefficient (Wildman–Crippen LogP) is 3.16. The van der Waals surface area contributed by atoms with Crippen molar-refractivity contribution in [1.29, 1.82) is 0 Å². The maximum Gasteiger partial charge on any atom is 0.132 e. The third kappa shape index (κ3) is 2.84. The van der Waals surface area contributed by atoms with Crippen molar-refractivity contribution in [2.45, 2.75) is 13.0 Å². The number of aromatic nitrogens is 2. The minimum atomic E-state index is -0.584. The van der Waals surface area contributed by atoms with Gasteiger partial charge in [-0.25, -0.2) is 8.78 Å². The summed E-state index contributed by atoms with van der Waals surface area (Å²) in [5, 5.41) is 7.13. The Morgan fingerprint density at radius 3 is 2.47 bits per heavy atom. The van der Waals surface area contributed by atoms with E-state index >= 15 is 0 Å². The smallest absolute Gasteiger partial charge is 0.132 e. The molecule has 0 spiro atoms. The second kappa shape index (κ2) is 5.79. The zero-order valence-electron chi connectivity index (χ0n) is 10.6. The third-order valence-electron chi connectivity index (χ3n) is 2.90. The van der Waals surface area contributed by atoms with Crippen LogP contribution >= 0.6 is 15.9 Å². The standard InChI is InChI=1S/C13H14BrF2N3/c1-3-17-13(11-4-5-18-19(11)2)12-9(15)6-8(14)7-10(12)16/h4-7,13,17H,3H2,1-2H3. The molecule has 6 heteroatoms. The van der Waals surface area contributed by atoms with Crippen LogP contribution in [-0.4, -0.2) is 16.3 Å². The first-order valence-corrected chi connectivity index (χ1v) is 6.69. The highest BCUT2D eigenvalue weighted by Gasteiger charge is 2.24. The fourth-order valence-electron chi connectivity index (χ4n) is 2.06. The van der Waals surface area contributed by atoms with Gasteiger partial charge in [0.2, 0.25) is 0 Å². The number of hydrogen-bond donors (Lipinski definition) is 1. The molecule has 0 aliphatic heterocycles. The molecule has 0 aliphatic carbocycles. The van der Waals surface area contributed by atoms with Crippen LogP contribution in [0, 0.1) is 11.6 Å². The third-order valence-corrected chi connectivity index (χ3v) is 3.35. The van der Waals surface area contributed by atoms with Crippen LogP contribution in [0.15, 0.2) is 28.9 Å². The molecule has 1 unspecified atom stereocenters. The van der Waals surface area contributed by atoms with Crippen molar-refractivity contribution in [3.8, 4) is 0 Å². The number of aryl methyl sites for hydroxylation is 1. The van der Waals surface area contributed by atoms with Crippen molar-refractivity contribution in [3.05, 3.63) is 51.8 Å². The van der Waals surface area contributed by atoms with Gasteiger partial charge in [-0.3, -0.25) is 4.68 Å². The predicted molar refractivity (Wildman–Crippen MR) is 72.8 cm³/mol. The molecule has 3 nitrogen and oxygen atoms in total. The molecular formula is C13H14BrF2N3. The average molecular weight is 330 g/mol. The van der Waals surface area contributed by atoms with Crippen LogP contribution in [0.3, 0.4) is 0 Å². The van der Waals surface area contributed by atoms with Crippen molar-refractivity contribution in [2.75, 3.05) is 6.54 Å². The van der Waals surface area contributed by atoms with Crippen LogP contribution in [0.1, 0.15) is 24.2 Å². The second-order valence-corrected chi connectivity index (χ2v) is 5.07. The largest absolute Gasteiger partial charge is 0.305 e. The maximum absolute atomic E-state index is 14.1. The van der Waals surface area contributed by atoms with Crippen molar-refractivity contribution in [1.82, 2.24) is 15.1 Å². The topological polar surface area (TPSA) is 29.9 Å². The Kier molecular flexibility index (Phi) is 4.31.